The van der Waals surface area contributed by atoms with Gasteiger partial charge >= 0.3 is 5.97 Å². The maximum absolute atomic E-state index is 12.8. The van der Waals surface area contributed by atoms with Gasteiger partial charge in [0.2, 0.25) is 5.91 Å². The Morgan fingerprint density at radius 2 is 2.15 bits per heavy atom. The number of fused-ring (bicyclic) bond motifs is 1. The molecule has 0 aliphatic heterocycles. The summed E-state index contributed by atoms with van der Waals surface area (Å²) in [6.07, 6.45) is 7.35. The number of amides is 1. The summed E-state index contributed by atoms with van der Waals surface area (Å²) in [5.74, 6) is 0.165. The lowest BCUT2D eigenvalue weighted by Gasteiger charge is -2.12. The average Bonchev–Trinajstić information content (AvgIpc) is 3.39. The highest BCUT2D eigenvalue weighted by atomic mass is 32.2. The van der Waals surface area contributed by atoms with Crippen molar-refractivity contribution >= 4 is 40.0 Å². The Balaban J connectivity index is 1.49. The van der Waals surface area contributed by atoms with Crippen LogP contribution in [0, 0.1) is 0 Å². The van der Waals surface area contributed by atoms with Crippen LogP contribution in [0.15, 0.2) is 42.2 Å². The summed E-state index contributed by atoms with van der Waals surface area (Å²) in [6.45, 7) is 6.38. The Morgan fingerprint density at radius 1 is 1.30 bits per heavy atom. The molecule has 0 saturated heterocycles. The van der Waals surface area contributed by atoms with Crippen molar-refractivity contribution in [1.82, 2.24) is 19.7 Å². The Morgan fingerprint density at radius 3 is 2.91 bits per heavy atom. The molecule has 3 aromatic rings. The molecule has 0 fully saturated rings. The number of anilines is 1. The van der Waals surface area contributed by atoms with E-state index in [4.69, 9.17) is 4.74 Å². The second kappa shape index (κ2) is 10.8. The fourth-order valence-electron chi connectivity index (χ4n) is 3.74. The van der Waals surface area contributed by atoms with Crippen LogP contribution >= 0.6 is 23.1 Å². The van der Waals surface area contributed by atoms with Crippen molar-refractivity contribution in [2.24, 2.45) is 0 Å². The van der Waals surface area contributed by atoms with E-state index in [9.17, 15) is 9.59 Å². The summed E-state index contributed by atoms with van der Waals surface area (Å²) in [5.41, 5.74) is 2.24. The van der Waals surface area contributed by atoms with E-state index in [2.05, 4.69) is 27.1 Å². The maximum atomic E-state index is 12.8. The van der Waals surface area contributed by atoms with Gasteiger partial charge in [0.25, 0.3) is 0 Å². The number of ether oxygens (including phenoxy) is 1. The van der Waals surface area contributed by atoms with Gasteiger partial charge in [-0.05, 0) is 50.3 Å². The number of esters is 1. The highest BCUT2D eigenvalue weighted by Crippen LogP contribution is 2.38. The SMILES string of the molecule is C=CCn1c(SCC(=O)Nc2sc3c(c2C(=O)OCC)CCCC3)nnc1-c1ccccn1. The first-order chi connectivity index (χ1) is 16.1. The van der Waals surface area contributed by atoms with Crippen molar-refractivity contribution in [3.63, 3.8) is 0 Å². The van der Waals surface area contributed by atoms with Gasteiger partial charge in [0.05, 0.1) is 17.9 Å². The van der Waals surface area contributed by atoms with E-state index in [0.29, 0.717) is 40.4 Å². The zero-order chi connectivity index (χ0) is 23.2. The smallest absolute Gasteiger partial charge is 0.341 e. The van der Waals surface area contributed by atoms with E-state index in [1.54, 1.807) is 19.2 Å². The molecule has 8 nitrogen and oxygen atoms in total. The molecule has 1 aliphatic rings. The number of hydrogen-bond acceptors (Lipinski definition) is 8. The predicted molar refractivity (Wildman–Crippen MR) is 130 cm³/mol. The fourth-order valence-corrected chi connectivity index (χ4v) is 5.78. The molecule has 3 heterocycles. The molecular formula is C23H25N5O3S2. The van der Waals surface area contributed by atoms with Crippen molar-refractivity contribution < 1.29 is 14.3 Å². The summed E-state index contributed by atoms with van der Waals surface area (Å²) in [7, 11) is 0. The van der Waals surface area contributed by atoms with Gasteiger partial charge in [-0.25, -0.2) is 4.79 Å². The second-order valence-electron chi connectivity index (χ2n) is 7.39. The van der Waals surface area contributed by atoms with Gasteiger partial charge in [-0.15, -0.1) is 28.1 Å². The third kappa shape index (κ3) is 5.17. The Hall–Kier alpha value is -2.98. The molecule has 0 atom stereocenters. The highest BCUT2D eigenvalue weighted by molar-refractivity contribution is 7.99. The van der Waals surface area contributed by atoms with Crippen LogP contribution in [0.25, 0.3) is 11.5 Å². The van der Waals surface area contributed by atoms with Gasteiger partial charge in [0.15, 0.2) is 11.0 Å². The third-order valence-electron chi connectivity index (χ3n) is 5.16. The monoisotopic (exact) mass is 483 g/mol. The topological polar surface area (TPSA) is 99.0 Å². The molecule has 10 heteroatoms. The first kappa shape index (κ1) is 23.2. The number of carbonyl (C=O) groups is 2. The van der Waals surface area contributed by atoms with Crippen LogP contribution in [-0.2, 0) is 28.9 Å². The maximum Gasteiger partial charge on any atom is 0.341 e. The molecule has 172 valence electrons. The molecule has 0 unspecified atom stereocenters. The third-order valence-corrected chi connectivity index (χ3v) is 7.33. The summed E-state index contributed by atoms with van der Waals surface area (Å²) >= 11 is 2.76. The molecule has 1 amide bonds. The summed E-state index contributed by atoms with van der Waals surface area (Å²) in [6, 6.07) is 5.59. The van der Waals surface area contributed by atoms with Gasteiger partial charge in [-0.3, -0.25) is 14.3 Å². The predicted octanol–water partition coefficient (Wildman–Crippen LogP) is 4.37. The van der Waals surface area contributed by atoms with Crippen LogP contribution < -0.4 is 5.32 Å². The standard InChI is InChI=1S/C23H25N5O3S2/c1-3-13-28-20(16-10-7-8-12-24-16)26-27-23(28)32-14-18(29)25-21-19(22(30)31-4-2)15-9-5-6-11-17(15)33-21/h3,7-8,10,12H,1,4-6,9,11,13-14H2,2H3,(H,25,29). The molecule has 0 radical (unpaired) electrons. The number of nitrogens with one attached hydrogen (secondary N) is 1. The first-order valence-corrected chi connectivity index (χ1v) is 12.6. The lowest BCUT2D eigenvalue weighted by Crippen LogP contribution is -2.17. The molecular weight excluding hydrogens is 458 g/mol. The zero-order valence-corrected chi connectivity index (χ0v) is 20.0. The molecule has 33 heavy (non-hydrogen) atoms. The van der Waals surface area contributed by atoms with Crippen LogP contribution in [0.5, 0.6) is 0 Å². The summed E-state index contributed by atoms with van der Waals surface area (Å²) < 4.78 is 7.14. The average molecular weight is 484 g/mol. The van der Waals surface area contributed by atoms with Crippen LogP contribution in [0.4, 0.5) is 5.00 Å². The van der Waals surface area contributed by atoms with Crippen molar-refractivity contribution in [2.75, 3.05) is 17.7 Å². The van der Waals surface area contributed by atoms with Crippen LogP contribution in [0.2, 0.25) is 0 Å². The van der Waals surface area contributed by atoms with Crippen molar-refractivity contribution in [3.05, 3.63) is 53.1 Å². The minimum atomic E-state index is -0.370. The van der Waals surface area contributed by atoms with Crippen molar-refractivity contribution in [2.45, 2.75) is 44.3 Å². The van der Waals surface area contributed by atoms with Crippen LogP contribution in [0.3, 0.4) is 0 Å². The minimum absolute atomic E-state index is 0.127. The summed E-state index contributed by atoms with van der Waals surface area (Å²) in [4.78, 5) is 30.9. The second-order valence-corrected chi connectivity index (χ2v) is 9.44. The number of hydrogen-bond donors (Lipinski definition) is 1. The number of thiophene rings is 1. The number of aryl methyl sites for hydroxylation is 1. The lowest BCUT2D eigenvalue weighted by molar-refractivity contribution is -0.113. The van der Waals surface area contributed by atoms with E-state index < -0.39 is 0 Å². The molecule has 4 rings (SSSR count). The van der Waals surface area contributed by atoms with E-state index >= 15 is 0 Å². The number of pyridine rings is 1. The van der Waals surface area contributed by atoms with E-state index in [1.807, 2.05) is 22.8 Å². The molecule has 0 bridgehead atoms. The Bertz CT molecular complexity index is 1160. The number of thioether (sulfide) groups is 1. The van der Waals surface area contributed by atoms with Gasteiger partial charge in [-0.2, -0.15) is 0 Å². The van der Waals surface area contributed by atoms with Crippen LogP contribution in [-0.4, -0.2) is 44.0 Å². The zero-order valence-electron chi connectivity index (χ0n) is 18.4. The molecule has 0 saturated carbocycles. The lowest BCUT2D eigenvalue weighted by atomic mass is 9.95. The molecule has 1 N–H and O–H groups in total. The van der Waals surface area contributed by atoms with E-state index in [-0.39, 0.29) is 17.6 Å². The first-order valence-electron chi connectivity index (χ1n) is 10.8. The summed E-state index contributed by atoms with van der Waals surface area (Å²) in [5, 5.41) is 12.6. The minimum Gasteiger partial charge on any atom is -0.462 e. The largest absolute Gasteiger partial charge is 0.462 e. The number of rotatable bonds is 9. The van der Waals surface area contributed by atoms with Gasteiger partial charge in [-0.1, -0.05) is 23.9 Å². The Labute approximate surface area is 200 Å². The highest BCUT2D eigenvalue weighted by Gasteiger charge is 2.27. The fraction of sp³-hybridized carbons (Fsp3) is 0.348. The van der Waals surface area contributed by atoms with Crippen molar-refractivity contribution in [1.29, 1.82) is 0 Å². The molecule has 1 aliphatic carbocycles. The quantitative estimate of drug-likeness (QED) is 0.274. The van der Waals surface area contributed by atoms with Gasteiger partial charge in [0.1, 0.15) is 10.7 Å². The molecule has 0 spiro atoms. The van der Waals surface area contributed by atoms with Gasteiger partial charge in [0, 0.05) is 17.6 Å². The Kier molecular flexibility index (Phi) is 7.56. The number of aromatic nitrogens is 4. The van der Waals surface area contributed by atoms with E-state index in [1.165, 1.54) is 23.1 Å². The normalized spacial score (nSPS) is 12.8. The molecule has 0 aromatic carbocycles. The number of allylic oxidation sites excluding steroid dienone is 1. The van der Waals surface area contributed by atoms with Crippen molar-refractivity contribution in [3.8, 4) is 11.5 Å². The molecule has 3 aromatic heterocycles. The van der Waals surface area contributed by atoms with Crippen LogP contribution in [0.1, 0.15) is 40.6 Å². The number of nitrogens with zero attached hydrogens (tertiary/aromatic N) is 4. The van der Waals surface area contributed by atoms with Gasteiger partial charge < -0.3 is 10.1 Å². The number of carbonyl (C=O) groups excluding carboxylic acids is 2. The van der Waals surface area contributed by atoms with E-state index in [0.717, 1.165) is 36.1 Å².